The summed E-state index contributed by atoms with van der Waals surface area (Å²) in [4.78, 5) is 10.4. The Morgan fingerprint density at radius 1 is 1.12 bits per heavy atom. The molecule has 0 spiro atoms. The molecule has 2 heteroatoms. The maximum Gasteiger partial charge on any atom is 0.303 e. The number of rotatable bonds is 4. The molecule has 1 N–H and O–H groups in total. The second-order valence-corrected chi connectivity index (χ2v) is 5.45. The highest BCUT2D eigenvalue weighted by atomic mass is 16.4. The van der Waals surface area contributed by atoms with Crippen molar-refractivity contribution < 1.29 is 9.90 Å². The van der Waals surface area contributed by atoms with Gasteiger partial charge in [-0.1, -0.05) is 45.0 Å². The third kappa shape index (κ3) is 4.96. The van der Waals surface area contributed by atoms with E-state index in [1.54, 1.807) is 0 Å². The van der Waals surface area contributed by atoms with E-state index in [-0.39, 0.29) is 6.42 Å². The Kier molecular flexibility index (Phi) is 4.11. The summed E-state index contributed by atoms with van der Waals surface area (Å²) < 4.78 is 0. The number of aliphatic carboxylic acids is 1. The first-order valence-corrected chi connectivity index (χ1v) is 5.66. The highest BCUT2D eigenvalue weighted by Gasteiger charge is 2.10. The molecule has 0 aliphatic carbocycles. The number of carboxylic acid groups (broad SMARTS) is 1. The van der Waals surface area contributed by atoms with Crippen molar-refractivity contribution in [2.45, 2.75) is 40.0 Å². The lowest BCUT2D eigenvalue weighted by Gasteiger charge is -2.18. The Morgan fingerprint density at radius 3 is 2.06 bits per heavy atom. The minimum atomic E-state index is -0.737. The minimum Gasteiger partial charge on any atom is -0.481 e. The van der Waals surface area contributed by atoms with Gasteiger partial charge in [0.1, 0.15) is 0 Å². The van der Waals surface area contributed by atoms with Crippen LogP contribution in [0.1, 0.15) is 38.3 Å². The fourth-order valence-electron chi connectivity index (χ4n) is 1.69. The van der Waals surface area contributed by atoms with E-state index >= 15 is 0 Å². The van der Waals surface area contributed by atoms with Gasteiger partial charge < -0.3 is 5.11 Å². The fourth-order valence-corrected chi connectivity index (χ4v) is 1.69. The van der Waals surface area contributed by atoms with Gasteiger partial charge in [0.05, 0.1) is 0 Å². The molecule has 0 heterocycles. The molecule has 88 valence electrons. The lowest BCUT2D eigenvalue weighted by atomic mass is 9.88. The predicted octanol–water partition coefficient (Wildman–Crippen LogP) is 3.29. The van der Waals surface area contributed by atoms with Gasteiger partial charge in [0.15, 0.2) is 0 Å². The first kappa shape index (κ1) is 12.8. The van der Waals surface area contributed by atoms with Crippen LogP contribution in [0.5, 0.6) is 0 Å². The number of aryl methyl sites for hydroxylation is 1. The van der Waals surface area contributed by atoms with Crippen LogP contribution in [0.15, 0.2) is 24.3 Å². The van der Waals surface area contributed by atoms with E-state index in [4.69, 9.17) is 5.11 Å². The number of carbonyl (C=O) groups is 1. The van der Waals surface area contributed by atoms with E-state index in [1.807, 2.05) is 12.1 Å². The smallest absolute Gasteiger partial charge is 0.303 e. The Morgan fingerprint density at radius 2 is 1.62 bits per heavy atom. The quantitative estimate of drug-likeness (QED) is 0.845. The van der Waals surface area contributed by atoms with Gasteiger partial charge in [-0.25, -0.2) is 0 Å². The summed E-state index contributed by atoms with van der Waals surface area (Å²) in [5.74, 6) is -0.737. The van der Waals surface area contributed by atoms with Crippen LogP contribution in [0.2, 0.25) is 0 Å². The molecule has 0 unspecified atom stereocenters. The van der Waals surface area contributed by atoms with Crippen molar-refractivity contribution >= 4 is 5.97 Å². The molecule has 0 aliphatic heterocycles. The lowest BCUT2D eigenvalue weighted by molar-refractivity contribution is -0.136. The molecule has 1 aromatic carbocycles. The summed E-state index contributed by atoms with van der Waals surface area (Å²) >= 11 is 0. The Labute approximate surface area is 97.3 Å². The molecule has 16 heavy (non-hydrogen) atoms. The van der Waals surface area contributed by atoms with E-state index in [2.05, 4.69) is 32.9 Å². The second kappa shape index (κ2) is 5.15. The van der Waals surface area contributed by atoms with Gasteiger partial charge in [0.25, 0.3) is 0 Å². The Hall–Kier alpha value is -1.31. The van der Waals surface area contributed by atoms with Crippen LogP contribution in [0.4, 0.5) is 0 Å². The van der Waals surface area contributed by atoms with Gasteiger partial charge in [0.2, 0.25) is 0 Å². The predicted molar refractivity (Wildman–Crippen MR) is 65.6 cm³/mol. The van der Waals surface area contributed by atoms with Gasteiger partial charge in [-0.05, 0) is 29.4 Å². The van der Waals surface area contributed by atoms with Crippen molar-refractivity contribution in [1.29, 1.82) is 0 Å². The number of benzene rings is 1. The molecule has 1 rings (SSSR count). The first-order chi connectivity index (χ1) is 7.37. The lowest BCUT2D eigenvalue weighted by Crippen LogP contribution is -2.09. The zero-order valence-corrected chi connectivity index (χ0v) is 10.3. The highest BCUT2D eigenvalue weighted by molar-refractivity contribution is 5.67. The summed E-state index contributed by atoms with van der Waals surface area (Å²) in [6.45, 7) is 6.64. The molecule has 0 saturated heterocycles. The average molecular weight is 220 g/mol. The standard InChI is InChI=1S/C14H20O2/c1-14(2,3)10-12-6-4-11(5-7-12)8-9-13(15)16/h4-7H,8-10H2,1-3H3,(H,15,16). The molecular weight excluding hydrogens is 200 g/mol. The summed E-state index contributed by atoms with van der Waals surface area (Å²) in [6.07, 6.45) is 1.87. The molecule has 0 fully saturated rings. The van der Waals surface area contributed by atoms with Crippen molar-refractivity contribution in [1.82, 2.24) is 0 Å². The van der Waals surface area contributed by atoms with Crippen LogP contribution in [0, 0.1) is 5.41 Å². The molecule has 0 saturated carbocycles. The number of hydrogen-bond acceptors (Lipinski definition) is 1. The van der Waals surface area contributed by atoms with E-state index in [0.29, 0.717) is 11.8 Å². The molecule has 2 nitrogen and oxygen atoms in total. The Balaban J connectivity index is 2.57. The molecule has 0 radical (unpaired) electrons. The van der Waals surface area contributed by atoms with Crippen molar-refractivity contribution in [2.24, 2.45) is 5.41 Å². The third-order valence-electron chi connectivity index (χ3n) is 2.38. The minimum absolute atomic E-state index is 0.207. The van der Waals surface area contributed by atoms with Gasteiger partial charge in [0, 0.05) is 6.42 Å². The van der Waals surface area contributed by atoms with E-state index in [9.17, 15) is 4.79 Å². The molecule has 0 bridgehead atoms. The van der Waals surface area contributed by atoms with Crippen molar-refractivity contribution in [3.63, 3.8) is 0 Å². The first-order valence-electron chi connectivity index (χ1n) is 5.66. The summed E-state index contributed by atoms with van der Waals surface area (Å²) in [6, 6.07) is 8.26. The molecule has 0 atom stereocenters. The highest BCUT2D eigenvalue weighted by Crippen LogP contribution is 2.20. The van der Waals surface area contributed by atoms with Crippen LogP contribution >= 0.6 is 0 Å². The van der Waals surface area contributed by atoms with Crippen molar-refractivity contribution in [3.8, 4) is 0 Å². The molecule has 0 aliphatic rings. The zero-order chi connectivity index (χ0) is 12.2. The summed E-state index contributed by atoms with van der Waals surface area (Å²) in [5, 5.41) is 8.58. The Bertz CT molecular complexity index is 344. The molecule has 0 aromatic heterocycles. The molecule has 1 aromatic rings. The number of hydrogen-bond donors (Lipinski definition) is 1. The SMILES string of the molecule is CC(C)(C)Cc1ccc(CCC(=O)O)cc1. The zero-order valence-electron chi connectivity index (χ0n) is 10.3. The molecular formula is C14H20O2. The maximum atomic E-state index is 10.4. The van der Waals surface area contributed by atoms with Crippen LogP contribution < -0.4 is 0 Å². The summed E-state index contributed by atoms with van der Waals surface area (Å²) in [7, 11) is 0. The topological polar surface area (TPSA) is 37.3 Å². The maximum absolute atomic E-state index is 10.4. The van der Waals surface area contributed by atoms with Crippen molar-refractivity contribution in [3.05, 3.63) is 35.4 Å². The number of carboxylic acids is 1. The van der Waals surface area contributed by atoms with Gasteiger partial charge in [-0.2, -0.15) is 0 Å². The van der Waals surface area contributed by atoms with E-state index in [1.165, 1.54) is 5.56 Å². The van der Waals surface area contributed by atoms with Gasteiger partial charge in [-0.15, -0.1) is 0 Å². The van der Waals surface area contributed by atoms with Crippen LogP contribution in [0.25, 0.3) is 0 Å². The largest absolute Gasteiger partial charge is 0.481 e. The normalized spacial score (nSPS) is 11.4. The van der Waals surface area contributed by atoms with Crippen LogP contribution in [-0.4, -0.2) is 11.1 Å². The summed E-state index contributed by atoms with van der Waals surface area (Å²) in [5.41, 5.74) is 2.70. The fraction of sp³-hybridized carbons (Fsp3) is 0.500. The van der Waals surface area contributed by atoms with Gasteiger partial charge in [-0.3, -0.25) is 4.79 Å². The van der Waals surface area contributed by atoms with E-state index in [0.717, 1.165) is 12.0 Å². The third-order valence-corrected chi connectivity index (χ3v) is 2.38. The van der Waals surface area contributed by atoms with Crippen LogP contribution in [0.3, 0.4) is 0 Å². The van der Waals surface area contributed by atoms with Gasteiger partial charge >= 0.3 is 5.97 Å². The molecule has 0 amide bonds. The van der Waals surface area contributed by atoms with Crippen LogP contribution in [-0.2, 0) is 17.6 Å². The second-order valence-electron chi connectivity index (χ2n) is 5.45. The monoisotopic (exact) mass is 220 g/mol. The average Bonchev–Trinajstić information content (AvgIpc) is 2.14. The van der Waals surface area contributed by atoms with Crippen molar-refractivity contribution in [2.75, 3.05) is 0 Å². The van der Waals surface area contributed by atoms with E-state index < -0.39 is 5.97 Å².